The molecule has 1 N–H and O–H groups in total. The lowest BCUT2D eigenvalue weighted by Crippen LogP contribution is -2.47. The number of benzene rings is 1. The van der Waals surface area contributed by atoms with Crippen molar-refractivity contribution in [2.24, 2.45) is 11.3 Å². The van der Waals surface area contributed by atoms with Crippen molar-refractivity contribution in [2.45, 2.75) is 76.0 Å². The van der Waals surface area contributed by atoms with Gasteiger partial charge in [-0.25, -0.2) is 13.4 Å². The van der Waals surface area contributed by atoms with Crippen molar-refractivity contribution < 1.29 is 21.6 Å². The van der Waals surface area contributed by atoms with Crippen LogP contribution in [0.15, 0.2) is 36.8 Å². The largest absolute Gasteiger partial charge is 0.511 e. The van der Waals surface area contributed by atoms with Crippen molar-refractivity contribution in [3.05, 3.63) is 48.0 Å². The number of hydrogen-bond acceptors (Lipinski definition) is 4. The molecule has 3 aliphatic carbocycles. The zero-order valence-corrected chi connectivity index (χ0v) is 19.9. The summed E-state index contributed by atoms with van der Waals surface area (Å²) < 4.78 is 66.5. The van der Waals surface area contributed by atoms with Crippen molar-refractivity contribution in [2.75, 3.05) is 11.4 Å². The quantitative estimate of drug-likeness (QED) is 0.597. The van der Waals surface area contributed by atoms with Gasteiger partial charge in [-0.1, -0.05) is 18.2 Å². The fourth-order valence-corrected chi connectivity index (χ4v) is 7.21. The Morgan fingerprint density at radius 2 is 1.82 bits per heavy atom. The molecule has 2 aromatic rings. The van der Waals surface area contributed by atoms with Crippen LogP contribution < -0.4 is 4.90 Å². The maximum Gasteiger partial charge on any atom is 0.511 e. The van der Waals surface area contributed by atoms with Gasteiger partial charge in [0.05, 0.1) is 18.6 Å². The summed E-state index contributed by atoms with van der Waals surface area (Å²) in [5.74, 6) is 0.830. The van der Waals surface area contributed by atoms with Gasteiger partial charge in [0.2, 0.25) is 0 Å². The lowest BCUT2D eigenvalue weighted by atomic mass is 9.59. The lowest BCUT2D eigenvalue weighted by Gasteiger charge is -2.48. The van der Waals surface area contributed by atoms with Crippen LogP contribution >= 0.6 is 0 Å². The van der Waals surface area contributed by atoms with Crippen LogP contribution in [-0.2, 0) is 23.1 Å². The van der Waals surface area contributed by atoms with Gasteiger partial charge < -0.3 is 9.88 Å². The standard InChI is InChI=1S/C24H31F3N4O2S/c25-24(26,27)34(32,33)30-14-19-3-1-2-4-22(19)31(15-20-13-28-17-29-20)21(16-30)8-12-23-9-5-18(6-10-23)7-11-23/h1-4,13,17-18,21H,5-12,14-16H2,(H,28,29). The molecule has 1 aromatic carbocycles. The molecule has 2 heterocycles. The van der Waals surface area contributed by atoms with E-state index < -0.39 is 15.5 Å². The summed E-state index contributed by atoms with van der Waals surface area (Å²) in [6.45, 7) is -0.0547. The van der Waals surface area contributed by atoms with E-state index in [1.807, 2.05) is 12.1 Å². The predicted molar refractivity (Wildman–Crippen MR) is 123 cm³/mol. The molecule has 186 valence electrons. The van der Waals surface area contributed by atoms with E-state index >= 15 is 0 Å². The molecule has 6 nitrogen and oxygen atoms in total. The van der Waals surface area contributed by atoms with E-state index in [0.29, 0.717) is 22.8 Å². The number of aromatic amines is 1. The van der Waals surface area contributed by atoms with Crippen LogP contribution in [0.3, 0.4) is 0 Å². The zero-order valence-electron chi connectivity index (χ0n) is 19.1. The zero-order chi connectivity index (χ0) is 24.0. The molecule has 3 fully saturated rings. The van der Waals surface area contributed by atoms with E-state index in [-0.39, 0.29) is 24.5 Å². The predicted octanol–water partition coefficient (Wildman–Crippen LogP) is 5.20. The smallest absolute Gasteiger partial charge is 0.361 e. The van der Waals surface area contributed by atoms with Crippen molar-refractivity contribution in [1.82, 2.24) is 14.3 Å². The Morgan fingerprint density at radius 3 is 2.47 bits per heavy atom. The van der Waals surface area contributed by atoms with E-state index in [2.05, 4.69) is 14.9 Å². The van der Waals surface area contributed by atoms with Crippen LogP contribution in [0.25, 0.3) is 0 Å². The number of para-hydroxylation sites is 1. The summed E-state index contributed by atoms with van der Waals surface area (Å²) in [7, 11) is -5.45. The third kappa shape index (κ3) is 4.46. The van der Waals surface area contributed by atoms with Gasteiger partial charge in [0, 0.05) is 31.0 Å². The molecule has 1 aromatic heterocycles. The SMILES string of the molecule is O=S(=O)(N1Cc2ccccc2N(Cc2cnc[nH]2)C(CCC23CCC(CC2)CC3)C1)C(F)(F)F. The Hall–Kier alpha value is -2.07. The van der Waals surface area contributed by atoms with E-state index in [1.54, 1.807) is 24.7 Å². The summed E-state index contributed by atoms with van der Waals surface area (Å²) in [5, 5.41) is 0. The monoisotopic (exact) mass is 496 g/mol. The Kier molecular flexibility index (Phi) is 6.16. The van der Waals surface area contributed by atoms with Crippen LogP contribution in [-0.4, -0.2) is 40.8 Å². The Balaban J connectivity index is 1.49. The molecule has 0 spiro atoms. The first kappa shape index (κ1) is 23.7. The molecule has 1 aliphatic heterocycles. The van der Waals surface area contributed by atoms with Gasteiger partial charge in [-0.2, -0.15) is 17.5 Å². The van der Waals surface area contributed by atoms with E-state index in [0.717, 1.165) is 23.7 Å². The number of hydrogen-bond donors (Lipinski definition) is 1. The van der Waals surface area contributed by atoms with Crippen LogP contribution in [0.5, 0.6) is 0 Å². The van der Waals surface area contributed by atoms with Crippen LogP contribution in [0, 0.1) is 11.3 Å². The number of rotatable bonds is 6. The Labute approximate surface area is 198 Å². The van der Waals surface area contributed by atoms with Gasteiger partial charge >= 0.3 is 15.5 Å². The van der Waals surface area contributed by atoms with Gasteiger partial charge in [-0.3, -0.25) is 0 Å². The van der Waals surface area contributed by atoms with E-state index in [1.165, 1.54) is 38.5 Å². The first-order chi connectivity index (χ1) is 16.2. The molecule has 1 atom stereocenters. The number of nitrogens with one attached hydrogen (secondary N) is 1. The third-order valence-electron chi connectivity index (χ3n) is 8.29. The Bertz CT molecular complexity index is 1080. The fourth-order valence-electron chi connectivity index (χ4n) is 6.24. The number of fused-ring (bicyclic) bond motifs is 4. The molecule has 3 saturated carbocycles. The Morgan fingerprint density at radius 1 is 1.12 bits per heavy atom. The number of H-pyrrole nitrogens is 1. The molecular weight excluding hydrogens is 465 g/mol. The lowest BCUT2D eigenvalue weighted by molar-refractivity contribution is -0.0492. The highest BCUT2D eigenvalue weighted by atomic mass is 32.2. The molecule has 10 heteroatoms. The van der Waals surface area contributed by atoms with Gasteiger partial charge in [-0.05, 0) is 74.3 Å². The molecule has 6 rings (SSSR count). The minimum absolute atomic E-state index is 0.191. The summed E-state index contributed by atoms with van der Waals surface area (Å²) in [6, 6.07) is 6.82. The molecule has 0 amide bonds. The molecule has 2 bridgehead atoms. The highest BCUT2D eigenvalue weighted by molar-refractivity contribution is 7.89. The first-order valence-corrected chi connectivity index (χ1v) is 13.5. The van der Waals surface area contributed by atoms with Gasteiger partial charge in [0.15, 0.2) is 0 Å². The molecule has 4 aliphatic rings. The maximum atomic E-state index is 13.6. The average Bonchev–Trinajstić information content (AvgIpc) is 3.28. The second-order valence-corrected chi connectivity index (χ2v) is 12.2. The van der Waals surface area contributed by atoms with Crippen LogP contribution in [0.1, 0.15) is 62.6 Å². The number of alkyl halides is 3. The number of nitrogens with zero attached hydrogens (tertiary/aromatic N) is 3. The summed E-state index contributed by atoms with van der Waals surface area (Å²) in [4.78, 5) is 9.26. The number of imidazole rings is 1. The van der Waals surface area contributed by atoms with Crippen molar-refractivity contribution in [3.63, 3.8) is 0 Å². The summed E-state index contributed by atoms with van der Waals surface area (Å²) in [6.07, 6.45) is 12.1. The minimum atomic E-state index is -5.45. The van der Waals surface area contributed by atoms with Gasteiger partial charge in [0.1, 0.15) is 0 Å². The van der Waals surface area contributed by atoms with Crippen molar-refractivity contribution >= 4 is 15.7 Å². The number of aromatic nitrogens is 2. The minimum Gasteiger partial charge on any atom is -0.361 e. The number of anilines is 1. The summed E-state index contributed by atoms with van der Waals surface area (Å²) >= 11 is 0. The van der Waals surface area contributed by atoms with E-state index in [9.17, 15) is 21.6 Å². The van der Waals surface area contributed by atoms with Crippen molar-refractivity contribution in [1.29, 1.82) is 0 Å². The van der Waals surface area contributed by atoms with Crippen LogP contribution in [0.2, 0.25) is 0 Å². The van der Waals surface area contributed by atoms with Crippen LogP contribution in [0.4, 0.5) is 18.9 Å². The second kappa shape index (κ2) is 8.86. The average molecular weight is 497 g/mol. The van der Waals surface area contributed by atoms with E-state index in [4.69, 9.17) is 0 Å². The number of halogens is 3. The van der Waals surface area contributed by atoms with Gasteiger partial charge in [-0.15, -0.1) is 0 Å². The maximum absolute atomic E-state index is 13.6. The topological polar surface area (TPSA) is 69.3 Å². The second-order valence-electron chi connectivity index (χ2n) is 10.3. The van der Waals surface area contributed by atoms with Gasteiger partial charge in [0.25, 0.3) is 0 Å². The molecular formula is C24H31F3N4O2S. The molecule has 0 radical (unpaired) electrons. The van der Waals surface area contributed by atoms with Crippen molar-refractivity contribution in [3.8, 4) is 0 Å². The fraction of sp³-hybridized carbons (Fsp3) is 0.625. The number of sulfonamides is 1. The highest BCUT2D eigenvalue weighted by Gasteiger charge is 2.51. The third-order valence-corrected chi connectivity index (χ3v) is 9.83. The highest BCUT2D eigenvalue weighted by Crippen LogP contribution is 2.53. The molecule has 0 saturated heterocycles. The first-order valence-electron chi connectivity index (χ1n) is 12.1. The summed E-state index contributed by atoms with van der Waals surface area (Å²) in [5.41, 5.74) is -2.89. The molecule has 1 unspecified atom stereocenters. The molecule has 34 heavy (non-hydrogen) atoms. The normalized spacial score (nSPS) is 28.0.